The number of hydrogen-bond acceptors (Lipinski definition) is 12. The summed E-state index contributed by atoms with van der Waals surface area (Å²) in [7, 11) is 0. The average Bonchev–Trinajstić information content (AvgIpc) is 3.77. The molecule has 0 saturated carbocycles. The number of unbranched alkanes of at least 4 members (excludes halogenated alkanes) is 3. The van der Waals surface area contributed by atoms with E-state index in [1.165, 1.54) is 23.5 Å². The second-order valence-corrected chi connectivity index (χ2v) is 14.3. The van der Waals surface area contributed by atoms with E-state index >= 15 is 0 Å². The van der Waals surface area contributed by atoms with E-state index in [1.807, 2.05) is 10.8 Å². The quantitative estimate of drug-likeness (QED) is 0.128. The molecule has 42 heavy (non-hydrogen) atoms. The van der Waals surface area contributed by atoms with Gasteiger partial charge in [-0.25, -0.2) is 0 Å². The van der Waals surface area contributed by atoms with Gasteiger partial charge in [0, 0.05) is 16.6 Å². The van der Waals surface area contributed by atoms with Crippen molar-refractivity contribution in [3.63, 3.8) is 0 Å². The van der Waals surface area contributed by atoms with Crippen LogP contribution in [0.15, 0.2) is 22.2 Å². The van der Waals surface area contributed by atoms with Crippen molar-refractivity contribution in [2.24, 2.45) is 17.2 Å². The van der Waals surface area contributed by atoms with E-state index in [1.54, 1.807) is 11.8 Å². The maximum Gasteiger partial charge on any atom is 0.268 e. The molecule has 3 amide bonds. The highest BCUT2D eigenvalue weighted by Crippen LogP contribution is 2.30. The summed E-state index contributed by atoms with van der Waals surface area (Å²) in [6.07, 6.45) is 7.40. The normalized spacial score (nSPS) is 31.6. The molecule has 15 heteroatoms. The number of thioether (sulfide) groups is 3. The van der Waals surface area contributed by atoms with Gasteiger partial charge in [0.2, 0.25) is 5.91 Å². The molecule has 0 aromatic heterocycles. The van der Waals surface area contributed by atoms with Gasteiger partial charge in [0.05, 0.1) is 40.3 Å². The molecule has 0 radical (unpaired) electrons. The molecule has 0 aliphatic carbocycles. The highest BCUT2D eigenvalue weighted by Gasteiger charge is 2.39. The molecule has 12 N–H and O–H groups in total. The first-order valence-corrected chi connectivity index (χ1v) is 18.0. The maximum atomic E-state index is 13.5. The van der Waals surface area contributed by atoms with Crippen LogP contribution >= 0.6 is 35.3 Å². The first-order valence-electron chi connectivity index (χ1n) is 15.1. The number of carbonyl (C=O) groups is 3. The second kappa shape index (κ2) is 17.0. The van der Waals surface area contributed by atoms with Crippen LogP contribution in [0.4, 0.5) is 0 Å². The van der Waals surface area contributed by atoms with Gasteiger partial charge in [0.1, 0.15) is 11.4 Å². The lowest BCUT2D eigenvalue weighted by molar-refractivity contribution is -0.123. The molecule has 12 nitrogen and oxygen atoms in total. The average molecular weight is 642 g/mol. The summed E-state index contributed by atoms with van der Waals surface area (Å²) >= 11 is 4.69. The van der Waals surface area contributed by atoms with Crippen LogP contribution in [-0.2, 0) is 14.4 Å². The smallest absolute Gasteiger partial charge is 0.268 e. The van der Waals surface area contributed by atoms with Gasteiger partial charge in [0.15, 0.2) is 0 Å². The van der Waals surface area contributed by atoms with Crippen LogP contribution in [0.5, 0.6) is 0 Å². The molecule has 0 aromatic rings. The Labute approximate surface area is 261 Å². The zero-order valence-corrected chi connectivity index (χ0v) is 26.5. The molecule has 236 valence electrons. The highest BCUT2D eigenvalue weighted by atomic mass is 32.2. The highest BCUT2D eigenvalue weighted by molar-refractivity contribution is 8.03. The Morgan fingerprint density at radius 3 is 1.55 bits per heavy atom. The van der Waals surface area contributed by atoms with Crippen molar-refractivity contribution in [1.29, 1.82) is 0 Å². The molecule has 6 bridgehead atoms. The number of hydrogen-bond donors (Lipinski definition) is 9. The van der Waals surface area contributed by atoms with Gasteiger partial charge in [-0.1, -0.05) is 19.3 Å². The van der Waals surface area contributed by atoms with E-state index in [0.29, 0.717) is 36.8 Å². The number of amides is 3. The van der Waals surface area contributed by atoms with Crippen molar-refractivity contribution in [1.82, 2.24) is 31.9 Å². The van der Waals surface area contributed by atoms with Crippen LogP contribution < -0.4 is 49.1 Å². The predicted molar refractivity (Wildman–Crippen MR) is 173 cm³/mol. The lowest BCUT2D eigenvalue weighted by atomic mass is 10.1. The molecular weight excluding hydrogens is 595 g/mol. The van der Waals surface area contributed by atoms with Gasteiger partial charge in [-0.3, -0.25) is 19.7 Å². The first-order chi connectivity index (χ1) is 20.4. The predicted octanol–water partition coefficient (Wildman–Crippen LogP) is -0.120. The third-order valence-corrected chi connectivity index (χ3v) is 11.4. The van der Waals surface area contributed by atoms with E-state index in [2.05, 4.69) is 31.9 Å². The van der Waals surface area contributed by atoms with Crippen LogP contribution in [0.2, 0.25) is 0 Å². The Morgan fingerprint density at radius 1 is 0.619 bits per heavy atom. The zero-order chi connectivity index (χ0) is 29.9. The molecule has 4 unspecified atom stereocenters. The number of nitrogens with one attached hydrogen (secondary N) is 6. The summed E-state index contributed by atoms with van der Waals surface area (Å²) in [5, 5.41) is 23.1. The summed E-state index contributed by atoms with van der Waals surface area (Å²) in [6.45, 7) is 1.77. The largest absolute Gasteiger partial charge is 0.366 e. The fraction of sp³-hybridized carbons (Fsp3) is 0.741. The second-order valence-electron chi connectivity index (χ2n) is 11.1. The number of nitrogens with two attached hydrogens (primary N) is 3. The number of fused-ring (bicyclic) bond motifs is 6. The Bertz CT molecular complexity index is 991. The molecule has 4 heterocycles. The summed E-state index contributed by atoms with van der Waals surface area (Å²) < 4.78 is 0. The van der Waals surface area contributed by atoms with E-state index in [9.17, 15) is 14.4 Å². The third-order valence-electron chi connectivity index (χ3n) is 7.84. The third kappa shape index (κ3) is 9.19. The van der Waals surface area contributed by atoms with Crippen molar-refractivity contribution >= 4 is 53.0 Å². The summed E-state index contributed by atoms with van der Waals surface area (Å²) in [4.78, 5) is 40.3. The summed E-state index contributed by atoms with van der Waals surface area (Å²) in [6, 6.07) is -0.948. The van der Waals surface area contributed by atoms with Crippen LogP contribution in [0, 0.1) is 0 Å². The maximum absolute atomic E-state index is 13.5. The summed E-state index contributed by atoms with van der Waals surface area (Å²) in [5.41, 5.74) is 18.2. The van der Waals surface area contributed by atoms with Crippen LogP contribution in [-0.4, -0.2) is 83.4 Å². The first kappa shape index (κ1) is 33.3. The number of carbonyl (C=O) groups excluding carboxylic acids is 3. The number of rotatable bonds is 12. The van der Waals surface area contributed by atoms with Gasteiger partial charge >= 0.3 is 0 Å². The van der Waals surface area contributed by atoms with Crippen molar-refractivity contribution in [3.8, 4) is 0 Å². The lowest BCUT2D eigenvalue weighted by Gasteiger charge is -2.29. The minimum absolute atomic E-state index is 0.0735. The van der Waals surface area contributed by atoms with E-state index in [-0.39, 0.29) is 58.0 Å². The van der Waals surface area contributed by atoms with Gasteiger partial charge in [-0.05, 0) is 58.2 Å². The van der Waals surface area contributed by atoms with Crippen LogP contribution in [0.1, 0.15) is 57.8 Å². The zero-order valence-electron chi connectivity index (χ0n) is 24.1. The monoisotopic (exact) mass is 641 g/mol. The molecule has 4 rings (SSSR count). The van der Waals surface area contributed by atoms with Crippen molar-refractivity contribution < 1.29 is 14.4 Å². The summed E-state index contributed by atoms with van der Waals surface area (Å²) in [5.74, 6) is 0.143. The van der Waals surface area contributed by atoms with Crippen molar-refractivity contribution in [2.45, 2.75) is 98.1 Å². The van der Waals surface area contributed by atoms with Gasteiger partial charge in [0.25, 0.3) is 11.8 Å². The van der Waals surface area contributed by atoms with Crippen molar-refractivity contribution in [3.05, 3.63) is 22.2 Å². The molecule has 7 atom stereocenters. The Kier molecular flexibility index (Phi) is 13.5. The van der Waals surface area contributed by atoms with E-state index in [4.69, 9.17) is 17.2 Å². The molecule has 0 aromatic carbocycles. The van der Waals surface area contributed by atoms with Crippen molar-refractivity contribution in [2.75, 3.05) is 25.4 Å². The fourth-order valence-corrected chi connectivity index (χ4v) is 8.87. The molecule has 2 saturated heterocycles. The van der Waals surface area contributed by atoms with Crippen LogP contribution in [0.3, 0.4) is 0 Å². The van der Waals surface area contributed by atoms with E-state index < -0.39 is 0 Å². The fourth-order valence-electron chi connectivity index (χ4n) is 5.43. The SMILES string of the molecule is NCCCC[C@@H]1NC(=O)C2=CSC(N2)[C@H](CCCCN)NC(=O)C2CSC(N2)[C@H](CCCCN)NC(=O)C2=CSC1N2. The molecule has 4 aliphatic rings. The minimum atomic E-state index is -0.384. The molecule has 0 spiro atoms. The lowest BCUT2D eigenvalue weighted by Crippen LogP contribution is -2.56. The van der Waals surface area contributed by atoms with Gasteiger partial charge in [-0.2, -0.15) is 0 Å². The van der Waals surface area contributed by atoms with Crippen LogP contribution in [0.25, 0.3) is 0 Å². The Morgan fingerprint density at radius 2 is 1.07 bits per heavy atom. The Hall–Kier alpha value is -1.62. The molecule has 2 fully saturated rings. The molecular formula is C27H47N9O3S3. The van der Waals surface area contributed by atoms with Gasteiger partial charge in [-0.15, -0.1) is 35.3 Å². The topological polar surface area (TPSA) is 201 Å². The standard InChI is InChI=1S/C27H47N9O3S3/c28-10-4-1-7-16-25-34-20(13-40-25)23(38)32-18(9-3-6-12-30)27-36-21(15-42-27)24(39)33-17(8-2-5-11-29)26-35-19(14-41-26)22(37)31-16/h13-14,16-18,21,25-27,34-36H,1-12,15,28-30H2,(H,31,37)(H,32,38)(H,33,39)/t16-,17-,18-,21?,25?,26?,27?/m0/s1. The Balaban J connectivity index is 1.55. The van der Waals surface area contributed by atoms with E-state index in [0.717, 1.165) is 57.8 Å². The molecule has 4 aliphatic heterocycles. The van der Waals surface area contributed by atoms with Gasteiger partial charge < -0.3 is 43.8 Å². The minimum Gasteiger partial charge on any atom is -0.366 e.